The van der Waals surface area contributed by atoms with Crippen molar-refractivity contribution in [2.24, 2.45) is 10.4 Å². The lowest BCUT2D eigenvalue weighted by Crippen LogP contribution is -2.48. The summed E-state index contributed by atoms with van der Waals surface area (Å²) in [5, 5.41) is 1.81. The van der Waals surface area contributed by atoms with Crippen molar-refractivity contribution in [1.29, 1.82) is 0 Å². The van der Waals surface area contributed by atoms with E-state index in [0.29, 0.717) is 11.3 Å². The maximum Gasteiger partial charge on any atom is 0.235 e. The molecule has 0 N–H and O–H groups in total. The smallest absolute Gasteiger partial charge is 0.235 e. The molecular formula is C16H14ClNO2. The van der Waals surface area contributed by atoms with Gasteiger partial charge in [0.05, 0.1) is 6.04 Å². The highest BCUT2D eigenvalue weighted by atomic mass is 35.5. The van der Waals surface area contributed by atoms with Gasteiger partial charge in [-0.3, -0.25) is 0 Å². The number of isocyanates is 1. The Balaban J connectivity index is 1.48. The van der Waals surface area contributed by atoms with Crippen LogP contribution in [0.15, 0.2) is 33.7 Å². The third-order valence-corrected chi connectivity index (χ3v) is 5.07. The van der Waals surface area contributed by atoms with Gasteiger partial charge in [-0.15, -0.1) is 0 Å². The van der Waals surface area contributed by atoms with Crippen LogP contribution in [-0.2, 0) is 4.79 Å². The van der Waals surface area contributed by atoms with Gasteiger partial charge in [0.2, 0.25) is 6.08 Å². The third-order valence-electron chi connectivity index (χ3n) is 4.83. The molecule has 4 heteroatoms. The molecule has 2 fully saturated rings. The monoisotopic (exact) mass is 287 g/mol. The molecule has 1 heterocycles. The highest BCUT2D eigenvalue weighted by Crippen LogP contribution is 2.62. The number of hydrogen-bond acceptors (Lipinski definition) is 3. The molecule has 2 aliphatic rings. The predicted molar refractivity (Wildman–Crippen MR) is 76.8 cm³/mol. The van der Waals surface area contributed by atoms with Gasteiger partial charge >= 0.3 is 0 Å². The zero-order valence-corrected chi connectivity index (χ0v) is 11.7. The minimum atomic E-state index is 0.211. The normalized spacial score (nSPS) is 31.6. The average molecular weight is 288 g/mol. The highest BCUT2D eigenvalue weighted by molar-refractivity contribution is 6.31. The van der Waals surface area contributed by atoms with E-state index in [1.165, 1.54) is 0 Å². The predicted octanol–water partition coefficient (Wildman–Crippen LogP) is 4.45. The molecule has 0 saturated heterocycles. The number of carbonyl (C=O) groups excluding carboxylic acids is 1. The molecule has 4 rings (SSSR count). The first-order chi connectivity index (χ1) is 9.67. The summed E-state index contributed by atoms with van der Waals surface area (Å²) in [5.74, 6) is 1.57. The minimum absolute atomic E-state index is 0.211. The molecule has 3 nitrogen and oxygen atoms in total. The second-order valence-electron chi connectivity index (χ2n) is 6.22. The van der Waals surface area contributed by atoms with Crippen molar-refractivity contribution < 1.29 is 9.21 Å². The zero-order valence-electron chi connectivity index (χ0n) is 10.9. The summed E-state index contributed by atoms with van der Waals surface area (Å²) in [6, 6.07) is 8.04. The molecule has 1 aromatic carbocycles. The Morgan fingerprint density at radius 2 is 2.05 bits per heavy atom. The summed E-state index contributed by atoms with van der Waals surface area (Å²) in [4.78, 5) is 14.0. The van der Waals surface area contributed by atoms with E-state index in [0.717, 1.165) is 47.4 Å². The molecule has 2 saturated carbocycles. The van der Waals surface area contributed by atoms with Crippen molar-refractivity contribution in [1.82, 2.24) is 0 Å². The maximum absolute atomic E-state index is 10.2. The summed E-state index contributed by atoms with van der Waals surface area (Å²) < 4.78 is 5.92. The molecular weight excluding hydrogens is 274 g/mol. The van der Waals surface area contributed by atoms with E-state index in [1.807, 2.05) is 18.2 Å². The Labute approximate surface area is 121 Å². The summed E-state index contributed by atoms with van der Waals surface area (Å²) in [6.45, 7) is 0. The van der Waals surface area contributed by atoms with Crippen LogP contribution in [0.5, 0.6) is 0 Å². The van der Waals surface area contributed by atoms with E-state index in [1.54, 1.807) is 6.08 Å². The van der Waals surface area contributed by atoms with E-state index >= 15 is 0 Å². The standard InChI is InChI=1S/C16H14ClNO2/c17-12-1-2-14-10(3-12)4-15(20-14)11-5-16(6-11)7-13(8-16)18-9-19/h1-4,11,13H,5-8H2. The number of hydrogen-bond donors (Lipinski definition) is 0. The largest absolute Gasteiger partial charge is 0.461 e. The molecule has 0 unspecified atom stereocenters. The first-order valence-electron chi connectivity index (χ1n) is 6.93. The fourth-order valence-corrected chi connectivity index (χ4v) is 4.04. The van der Waals surface area contributed by atoms with Gasteiger partial charge in [-0.1, -0.05) is 11.6 Å². The lowest BCUT2D eigenvalue weighted by atomic mass is 9.50. The van der Waals surface area contributed by atoms with Crippen LogP contribution in [0.25, 0.3) is 11.0 Å². The molecule has 1 spiro atoms. The summed E-state index contributed by atoms with van der Waals surface area (Å²) in [7, 11) is 0. The van der Waals surface area contributed by atoms with E-state index in [2.05, 4.69) is 11.1 Å². The van der Waals surface area contributed by atoms with Gasteiger partial charge in [0.25, 0.3) is 0 Å². The molecule has 1 aromatic heterocycles. The van der Waals surface area contributed by atoms with Crippen LogP contribution < -0.4 is 0 Å². The second-order valence-corrected chi connectivity index (χ2v) is 6.65. The van der Waals surface area contributed by atoms with Gasteiger partial charge in [-0.05, 0) is 55.4 Å². The number of aliphatic imine (C=N–C) groups is 1. The number of fused-ring (bicyclic) bond motifs is 1. The fourth-order valence-electron chi connectivity index (χ4n) is 3.86. The molecule has 102 valence electrons. The highest BCUT2D eigenvalue weighted by Gasteiger charge is 2.54. The molecule has 0 amide bonds. The summed E-state index contributed by atoms with van der Waals surface area (Å²) in [5.41, 5.74) is 1.31. The molecule has 0 atom stereocenters. The van der Waals surface area contributed by atoms with Crippen LogP contribution in [0.3, 0.4) is 0 Å². The number of halogens is 1. The molecule has 2 aliphatic carbocycles. The molecule has 2 aromatic rings. The number of rotatable bonds is 2. The van der Waals surface area contributed by atoms with Crippen molar-refractivity contribution in [3.63, 3.8) is 0 Å². The number of benzene rings is 1. The van der Waals surface area contributed by atoms with Crippen LogP contribution >= 0.6 is 11.6 Å². The molecule has 0 aliphatic heterocycles. The van der Waals surface area contributed by atoms with Gasteiger partial charge in [0, 0.05) is 16.3 Å². The quantitative estimate of drug-likeness (QED) is 0.605. The summed E-state index contributed by atoms with van der Waals surface area (Å²) in [6.07, 6.45) is 6.02. The summed E-state index contributed by atoms with van der Waals surface area (Å²) >= 11 is 5.99. The van der Waals surface area contributed by atoms with Crippen LogP contribution in [0.4, 0.5) is 0 Å². The van der Waals surface area contributed by atoms with Crippen molar-refractivity contribution >= 4 is 28.7 Å². The van der Waals surface area contributed by atoms with Crippen LogP contribution in [0, 0.1) is 5.41 Å². The molecule has 20 heavy (non-hydrogen) atoms. The van der Waals surface area contributed by atoms with Gasteiger partial charge in [-0.2, -0.15) is 0 Å². The van der Waals surface area contributed by atoms with E-state index in [4.69, 9.17) is 16.0 Å². The van der Waals surface area contributed by atoms with Gasteiger partial charge in [-0.25, -0.2) is 9.79 Å². The van der Waals surface area contributed by atoms with Crippen LogP contribution in [0.1, 0.15) is 37.4 Å². The SMILES string of the molecule is O=C=NC1CC2(C1)CC(c1cc3cc(Cl)ccc3o1)C2. The van der Waals surface area contributed by atoms with E-state index in [9.17, 15) is 4.79 Å². The topological polar surface area (TPSA) is 42.6 Å². The molecule has 0 bridgehead atoms. The van der Waals surface area contributed by atoms with Crippen LogP contribution in [-0.4, -0.2) is 12.1 Å². The van der Waals surface area contributed by atoms with E-state index < -0.39 is 0 Å². The maximum atomic E-state index is 10.2. The van der Waals surface area contributed by atoms with Crippen molar-refractivity contribution in [2.75, 3.05) is 0 Å². The zero-order chi connectivity index (χ0) is 13.7. The van der Waals surface area contributed by atoms with Crippen molar-refractivity contribution in [3.05, 3.63) is 35.0 Å². The van der Waals surface area contributed by atoms with Gasteiger partial charge in [0.1, 0.15) is 11.3 Å². The average Bonchev–Trinajstić information content (AvgIpc) is 2.72. The third kappa shape index (κ3) is 1.81. The first kappa shape index (κ1) is 12.2. The van der Waals surface area contributed by atoms with Crippen molar-refractivity contribution in [3.8, 4) is 0 Å². The number of nitrogens with zero attached hydrogens (tertiary/aromatic N) is 1. The Morgan fingerprint density at radius 3 is 2.80 bits per heavy atom. The van der Waals surface area contributed by atoms with Gasteiger partial charge < -0.3 is 4.42 Å². The minimum Gasteiger partial charge on any atom is -0.461 e. The van der Waals surface area contributed by atoms with E-state index in [-0.39, 0.29) is 6.04 Å². The Hall–Kier alpha value is -1.57. The lowest BCUT2D eigenvalue weighted by Gasteiger charge is -2.55. The molecule has 0 radical (unpaired) electrons. The Kier molecular flexibility index (Phi) is 2.57. The van der Waals surface area contributed by atoms with Crippen molar-refractivity contribution in [2.45, 2.75) is 37.6 Å². The van der Waals surface area contributed by atoms with Gasteiger partial charge in [0.15, 0.2) is 0 Å². The Bertz CT molecular complexity index is 715. The Morgan fingerprint density at radius 1 is 1.25 bits per heavy atom. The second kappa shape index (κ2) is 4.21. The first-order valence-corrected chi connectivity index (χ1v) is 7.31. The fraction of sp³-hybridized carbons (Fsp3) is 0.438. The lowest BCUT2D eigenvalue weighted by molar-refractivity contribution is -0.0132. The number of furan rings is 1. The van der Waals surface area contributed by atoms with Crippen LogP contribution in [0.2, 0.25) is 5.02 Å².